The van der Waals surface area contributed by atoms with Gasteiger partial charge in [0.2, 0.25) is 7.37 Å². The average molecular weight is 404 g/mol. The normalized spacial score (nSPS) is 13.3. The van der Waals surface area contributed by atoms with Crippen molar-refractivity contribution in [2.45, 2.75) is 47.0 Å². The van der Waals surface area contributed by atoms with E-state index in [-0.39, 0.29) is 18.2 Å². The number of ether oxygens (including phenoxy) is 2. The Morgan fingerprint density at radius 3 is 2.25 bits per heavy atom. The van der Waals surface area contributed by atoms with Gasteiger partial charge in [-0.25, -0.2) is 0 Å². The molecule has 0 aliphatic heterocycles. The summed E-state index contributed by atoms with van der Waals surface area (Å²) >= 11 is 0. The molecule has 0 saturated carbocycles. The number of hydrogen-bond donors (Lipinski definition) is 1. The molecule has 5 nitrogen and oxygen atoms in total. The van der Waals surface area contributed by atoms with Crippen molar-refractivity contribution in [3.8, 4) is 11.5 Å². The lowest BCUT2D eigenvalue weighted by atomic mass is 9.93. The molecule has 152 valence electrons. The molecule has 2 aromatic carbocycles. The van der Waals surface area contributed by atoms with E-state index in [4.69, 9.17) is 9.47 Å². The summed E-state index contributed by atoms with van der Waals surface area (Å²) < 4.78 is 22.3. The predicted octanol–water partition coefficient (Wildman–Crippen LogP) is 5.18. The number of hydrogen-bond acceptors (Lipinski definition) is 4. The summed E-state index contributed by atoms with van der Waals surface area (Å²) in [6.07, 6.45) is 0.547. The molecule has 0 saturated heterocycles. The third kappa shape index (κ3) is 6.22. The van der Waals surface area contributed by atoms with Gasteiger partial charge in [0.15, 0.2) is 6.35 Å². The lowest BCUT2D eigenvalue weighted by Gasteiger charge is -2.17. The Morgan fingerprint density at radius 2 is 1.75 bits per heavy atom. The Labute approximate surface area is 167 Å². The standard InChI is InChI=1S/C22H29O5P/c1-14(2)20-11-18(7-8-22(20)27-17(5)23)12-21-15(3)9-19(10-16(21)4)26-13-28(6,24)25/h7-11,14H,12-13H2,1-6H3,(H,24,25). The molecule has 0 radical (unpaired) electrons. The molecule has 0 amide bonds. The number of benzene rings is 2. The smallest absolute Gasteiger partial charge is 0.308 e. The Balaban J connectivity index is 2.28. The van der Waals surface area contributed by atoms with Gasteiger partial charge in [0.1, 0.15) is 11.5 Å². The van der Waals surface area contributed by atoms with Crippen molar-refractivity contribution >= 4 is 13.3 Å². The van der Waals surface area contributed by atoms with Gasteiger partial charge in [0.25, 0.3) is 0 Å². The minimum absolute atomic E-state index is 0.194. The van der Waals surface area contributed by atoms with Gasteiger partial charge in [0, 0.05) is 13.6 Å². The van der Waals surface area contributed by atoms with Crippen LogP contribution in [0.15, 0.2) is 30.3 Å². The molecule has 0 heterocycles. The topological polar surface area (TPSA) is 72.8 Å². The van der Waals surface area contributed by atoms with Crippen LogP contribution >= 0.6 is 7.37 Å². The van der Waals surface area contributed by atoms with Gasteiger partial charge in [-0.3, -0.25) is 9.36 Å². The van der Waals surface area contributed by atoms with Crippen LogP contribution in [-0.2, 0) is 15.8 Å². The monoisotopic (exact) mass is 404 g/mol. The van der Waals surface area contributed by atoms with Gasteiger partial charge < -0.3 is 14.4 Å². The van der Waals surface area contributed by atoms with E-state index in [2.05, 4.69) is 19.9 Å². The highest BCUT2D eigenvalue weighted by Gasteiger charge is 2.15. The largest absolute Gasteiger partial charge is 0.484 e. The molecule has 6 heteroatoms. The van der Waals surface area contributed by atoms with E-state index >= 15 is 0 Å². The van der Waals surface area contributed by atoms with E-state index in [0.29, 0.717) is 11.5 Å². The Kier molecular flexibility index (Phi) is 7.08. The van der Waals surface area contributed by atoms with E-state index in [9.17, 15) is 14.3 Å². The zero-order valence-electron chi connectivity index (χ0n) is 17.4. The van der Waals surface area contributed by atoms with Gasteiger partial charge in [-0.05, 0) is 72.2 Å². The highest BCUT2D eigenvalue weighted by atomic mass is 31.2. The second-order valence-electron chi connectivity index (χ2n) is 7.66. The number of aryl methyl sites for hydroxylation is 2. The van der Waals surface area contributed by atoms with E-state index in [1.807, 2.05) is 38.1 Å². The fourth-order valence-electron chi connectivity index (χ4n) is 3.12. The van der Waals surface area contributed by atoms with Crippen LogP contribution in [0.5, 0.6) is 11.5 Å². The summed E-state index contributed by atoms with van der Waals surface area (Å²) in [5.74, 6) is 1.12. The summed E-state index contributed by atoms with van der Waals surface area (Å²) in [7, 11) is -3.22. The maximum atomic E-state index is 11.4. The van der Waals surface area contributed by atoms with Crippen molar-refractivity contribution in [3.05, 3.63) is 58.1 Å². The molecule has 0 spiro atoms. The number of esters is 1. The van der Waals surface area contributed by atoms with E-state index < -0.39 is 7.37 Å². The van der Waals surface area contributed by atoms with Gasteiger partial charge in [-0.15, -0.1) is 0 Å². The van der Waals surface area contributed by atoms with Gasteiger partial charge in [-0.2, -0.15) is 0 Å². The van der Waals surface area contributed by atoms with Crippen LogP contribution in [0.3, 0.4) is 0 Å². The Hall–Kier alpha value is -2.10. The molecule has 0 aliphatic carbocycles. The van der Waals surface area contributed by atoms with Crippen molar-refractivity contribution in [1.29, 1.82) is 0 Å². The number of carbonyl (C=O) groups excluding carboxylic acids is 1. The van der Waals surface area contributed by atoms with Gasteiger partial charge >= 0.3 is 5.97 Å². The first kappa shape index (κ1) is 22.2. The van der Waals surface area contributed by atoms with Crippen molar-refractivity contribution in [2.75, 3.05) is 13.0 Å². The van der Waals surface area contributed by atoms with Crippen molar-refractivity contribution in [2.24, 2.45) is 0 Å². The number of carbonyl (C=O) groups is 1. The molecule has 28 heavy (non-hydrogen) atoms. The third-order valence-electron chi connectivity index (χ3n) is 4.47. The van der Waals surface area contributed by atoms with Crippen LogP contribution in [0.2, 0.25) is 0 Å². The maximum absolute atomic E-state index is 11.4. The van der Waals surface area contributed by atoms with Crippen LogP contribution in [0.1, 0.15) is 54.5 Å². The molecular formula is C22H29O5P. The van der Waals surface area contributed by atoms with E-state index in [0.717, 1.165) is 28.7 Å². The summed E-state index contributed by atoms with van der Waals surface area (Å²) in [5, 5.41) is 0. The molecule has 0 fully saturated rings. The van der Waals surface area contributed by atoms with E-state index in [1.165, 1.54) is 19.2 Å². The summed E-state index contributed by atoms with van der Waals surface area (Å²) in [6.45, 7) is 10.9. The second-order valence-corrected chi connectivity index (χ2v) is 10.0. The summed E-state index contributed by atoms with van der Waals surface area (Å²) in [5.41, 5.74) is 5.45. The van der Waals surface area contributed by atoms with Crippen LogP contribution in [0.4, 0.5) is 0 Å². The fraction of sp³-hybridized carbons (Fsp3) is 0.409. The first-order chi connectivity index (χ1) is 13.0. The van der Waals surface area contributed by atoms with Crippen LogP contribution in [0.25, 0.3) is 0 Å². The number of rotatable bonds is 7. The molecule has 1 N–H and O–H groups in total. The van der Waals surface area contributed by atoms with Crippen molar-refractivity contribution in [1.82, 2.24) is 0 Å². The van der Waals surface area contributed by atoms with Gasteiger partial charge in [0.05, 0.1) is 0 Å². The SMILES string of the molecule is CC(=O)Oc1ccc(Cc2c(C)cc(OCP(C)(=O)O)cc2C)cc1C(C)C. The van der Waals surface area contributed by atoms with Crippen LogP contribution in [0, 0.1) is 13.8 Å². The molecular weight excluding hydrogens is 375 g/mol. The fourth-order valence-corrected chi connectivity index (χ4v) is 3.51. The van der Waals surface area contributed by atoms with Gasteiger partial charge in [-0.1, -0.05) is 26.0 Å². The summed E-state index contributed by atoms with van der Waals surface area (Å²) in [4.78, 5) is 20.7. The first-order valence-electron chi connectivity index (χ1n) is 9.29. The van der Waals surface area contributed by atoms with Crippen molar-refractivity contribution < 1.29 is 23.7 Å². The quantitative estimate of drug-likeness (QED) is 0.391. The minimum Gasteiger partial charge on any atom is -0.484 e. The molecule has 1 atom stereocenters. The molecule has 0 aliphatic rings. The molecule has 0 bridgehead atoms. The molecule has 1 unspecified atom stereocenters. The Bertz CT molecular complexity index is 888. The second kappa shape index (κ2) is 8.93. The minimum atomic E-state index is -3.22. The first-order valence-corrected chi connectivity index (χ1v) is 11.6. The average Bonchev–Trinajstić information content (AvgIpc) is 2.56. The van der Waals surface area contributed by atoms with E-state index in [1.54, 1.807) is 0 Å². The zero-order chi connectivity index (χ0) is 21.1. The third-order valence-corrected chi connectivity index (χ3v) is 5.08. The highest BCUT2D eigenvalue weighted by Crippen LogP contribution is 2.36. The summed E-state index contributed by atoms with van der Waals surface area (Å²) in [6, 6.07) is 9.72. The van der Waals surface area contributed by atoms with Crippen LogP contribution < -0.4 is 9.47 Å². The molecule has 2 rings (SSSR count). The lowest BCUT2D eigenvalue weighted by Crippen LogP contribution is -2.06. The van der Waals surface area contributed by atoms with Crippen LogP contribution in [-0.4, -0.2) is 23.9 Å². The Morgan fingerprint density at radius 1 is 1.14 bits per heavy atom. The molecule has 2 aromatic rings. The lowest BCUT2D eigenvalue weighted by molar-refractivity contribution is -0.131. The van der Waals surface area contributed by atoms with Crippen molar-refractivity contribution in [3.63, 3.8) is 0 Å². The zero-order valence-corrected chi connectivity index (χ0v) is 18.3. The molecule has 0 aromatic heterocycles. The maximum Gasteiger partial charge on any atom is 0.308 e. The highest BCUT2D eigenvalue weighted by molar-refractivity contribution is 7.56. The predicted molar refractivity (Wildman–Crippen MR) is 112 cm³/mol.